The van der Waals surface area contributed by atoms with Gasteiger partial charge in [-0.15, -0.1) is 0 Å². The number of rotatable bonds is 7. The molecule has 0 bridgehead atoms. The van der Waals surface area contributed by atoms with Gasteiger partial charge in [0.05, 0.1) is 24.1 Å². The molecule has 0 saturated heterocycles. The number of allylic oxidation sites excluding steroid dienone is 2. The molecule has 0 atom stereocenters. The molecule has 1 aromatic heterocycles. The van der Waals surface area contributed by atoms with Gasteiger partial charge in [0.2, 0.25) is 0 Å². The Labute approximate surface area is 169 Å². The van der Waals surface area contributed by atoms with E-state index in [4.69, 9.17) is 17.3 Å². The number of hydrogen-bond acceptors (Lipinski definition) is 7. The van der Waals surface area contributed by atoms with Crippen LogP contribution >= 0.6 is 0 Å². The number of nitrogens with zero attached hydrogens (tertiary/aromatic N) is 3. The van der Waals surface area contributed by atoms with Gasteiger partial charge in [0.25, 0.3) is 5.91 Å². The largest absolute Gasteiger partial charge is 0.401 e. The summed E-state index contributed by atoms with van der Waals surface area (Å²) in [5.41, 5.74) is 16.0. The molecule has 0 aliphatic rings. The molecule has 8 nitrogen and oxygen atoms in total. The fraction of sp³-hybridized carbons (Fsp3) is 0.143. The molecule has 2 aromatic rings. The van der Waals surface area contributed by atoms with Crippen LogP contribution in [0.5, 0.6) is 0 Å². The van der Waals surface area contributed by atoms with Crippen molar-refractivity contribution in [3.8, 4) is 0 Å². The third-order valence-corrected chi connectivity index (χ3v) is 3.93. The molecular weight excluding hydrogens is 366 g/mol. The molecule has 0 radical (unpaired) electrons. The lowest BCUT2D eigenvalue weighted by Gasteiger charge is -2.05. The van der Waals surface area contributed by atoms with Crippen LogP contribution in [0.3, 0.4) is 0 Å². The number of hydrogen-bond donors (Lipinski definition) is 4. The smallest absolute Gasteiger partial charge is 0.273 e. The highest BCUT2D eigenvalue weighted by atomic mass is 16.1. The van der Waals surface area contributed by atoms with Crippen LogP contribution in [0.2, 0.25) is 0 Å². The third-order valence-electron chi connectivity index (χ3n) is 3.93. The van der Waals surface area contributed by atoms with Crippen molar-refractivity contribution in [1.82, 2.24) is 10.3 Å². The van der Waals surface area contributed by atoms with Gasteiger partial charge in [-0.05, 0) is 43.7 Å². The normalized spacial score (nSPS) is 13.0. The zero-order valence-electron chi connectivity index (χ0n) is 16.5. The number of carbonyl (C=O) groups is 1. The van der Waals surface area contributed by atoms with Gasteiger partial charge in [-0.3, -0.25) is 14.8 Å². The van der Waals surface area contributed by atoms with Crippen LogP contribution in [0.1, 0.15) is 17.0 Å². The number of amides is 1. The fourth-order valence-electron chi connectivity index (χ4n) is 2.35. The van der Waals surface area contributed by atoms with E-state index < -0.39 is 5.91 Å². The third kappa shape index (κ3) is 6.62. The van der Waals surface area contributed by atoms with Crippen LogP contribution in [-0.4, -0.2) is 29.4 Å². The van der Waals surface area contributed by atoms with Crippen molar-refractivity contribution in [2.75, 3.05) is 6.54 Å². The van der Waals surface area contributed by atoms with Gasteiger partial charge < -0.3 is 22.6 Å². The van der Waals surface area contributed by atoms with E-state index in [2.05, 4.69) is 20.4 Å². The highest BCUT2D eigenvalue weighted by Crippen LogP contribution is 2.15. The summed E-state index contributed by atoms with van der Waals surface area (Å²) in [5, 5.41) is 6.12. The quantitative estimate of drug-likeness (QED) is 0.245. The number of carbonyl (C=O) groups excluding carboxylic acids is 1. The van der Waals surface area contributed by atoms with E-state index in [1.54, 1.807) is 12.2 Å². The predicted molar refractivity (Wildman–Crippen MR) is 117 cm³/mol. The lowest BCUT2D eigenvalue weighted by Crippen LogP contribution is -2.35. The van der Waals surface area contributed by atoms with Gasteiger partial charge in [-0.25, -0.2) is 0 Å². The number of nitrogens with one attached hydrogen (secondary N) is 1. The molecule has 1 heterocycles. The lowest BCUT2D eigenvalue weighted by atomic mass is 10.1. The first-order valence-corrected chi connectivity index (χ1v) is 8.92. The van der Waals surface area contributed by atoms with Gasteiger partial charge >= 0.3 is 0 Å². The highest BCUT2D eigenvalue weighted by molar-refractivity contribution is 6.60. The number of pyridine rings is 1. The van der Waals surface area contributed by atoms with Gasteiger partial charge in [0.15, 0.2) is 5.71 Å². The molecule has 7 N–H and O–H groups in total. The molecular formula is C21H25N7O. The first-order valence-electron chi connectivity index (χ1n) is 8.92. The summed E-state index contributed by atoms with van der Waals surface area (Å²) in [6, 6.07) is 13.1. The van der Waals surface area contributed by atoms with E-state index in [1.165, 1.54) is 6.21 Å². The predicted octanol–water partition coefficient (Wildman–Crippen LogP) is 1.67. The molecule has 8 heteroatoms. The minimum absolute atomic E-state index is 0.0304. The number of benzene rings is 1. The molecule has 0 spiro atoms. The maximum Gasteiger partial charge on any atom is 0.273 e. The Hall–Kier alpha value is -3.94. The molecule has 0 saturated carbocycles. The monoisotopic (exact) mass is 391 g/mol. The van der Waals surface area contributed by atoms with Crippen LogP contribution in [0.15, 0.2) is 70.4 Å². The van der Waals surface area contributed by atoms with Crippen molar-refractivity contribution in [1.29, 1.82) is 0 Å². The first-order chi connectivity index (χ1) is 13.9. The summed E-state index contributed by atoms with van der Waals surface area (Å²) < 4.78 is 0. The van der Waals surface area contributed by atoms with Crippen molar-refractivity contribution >= 4 is 29.2 Å². The Morgan fingerprint density at radius 2 is 1.83 bits per heavy atom. The zero-order valence-corrected chi connectivity index (χ0v) is 16.5. The Balaban J connectivity index is 1.96. The molecule has 0 aliphatic heterocycles. The van der Waals surface area contributed by atoms with Gasteiger partial charge in [-0.1, -0.05) is 30.3 Å². The van der Waals surface area contributed by atoms with Crippen molar-refractivity contribution < 1.29 is 4.79 Å². The van der Waals surface area contributed by atoms with Crippen LogP contribution in [-0.2, 0) is 4.79 Å². The van der Waals surface area contributed by atoms with E-state index in [1.807, 2.05) is 56.3 Å². The Morgan fingerprint density at radius 1 is 1.10 bits per heavy atom. The SMILES string of the molecule is Cc1ccc(N=C/C(=N\N)C(=O)NC/C(N)=C/C=C(\N)c2ccccc2)c(C)n1. The average Bonchev–Trinajstić information content (AvgIpc) is 2.72. The van der Waals surface area contributed by atoms with Gasteiger partial charge in [-0.2, -0.15) is 5.10 Å². The summed E-state index contributed by atoms with van der Waals surface area (Å²) in [6.07, 6.45) is 4.61. The second-order valence-electron chi connectivity index (χ2n) is 6.24. The molecule has 1 amide bonds. The van der Waals surface area contributed by atoms with Crippen LogP contribution in [0, 0.1) is 13.8 Å². The molecule has 2 rings (SSSR count). The van der Waals surface area contributed by atoms with Crippen molar-refractivity contribution in [2.45, 2.75) is 13.8 Å². The first kappa shape index (κ1) is 21.4. The van der Waals surface area contributed by atoms with Crippen molar-refractivity contribution in [3.05, 3.63) is 77.3 Å². The van der Waals surface area contributed by atoms with Crippen LogP contribution in [0.4, 0.5) is 5.69 Å². The Kier molecular flexibility index (Phi) is 7.67. The molecule has 150 valence electrons. The van der Waals surface area contributed by atoms with E-state index in [0.29, 0.717) is 17.1 Å². The number of hydrazone groups is 1. The maximum atomic E-state index is 12.2. The van der Waals surface area contributed by atoms with Crippen molar-refractivity contribution in [2.24, 2.45) is 27.4 Å². The van der Waals surface area contributed by atoms with E-state index in [9.17, 15) is 4.79 Å². The lowest BCUT2D eigenvalue weighted by molar-refractivity contribution is -0.114. The highest BCUT2D eigenvalue weighted by Gasteiger charge is 2.09. The summed E-state index contributed by atoms with van der Waals surface area (Å²) in [4.78, 5) is 20.8. The minimum Gasteiger partial charge on any atom is -0.401 e. The average molecular weight is 391 g/mol. The topological polar surface area (TPSA) is 145 Å². The maximum absolute atomic E-state index is 12.2. The summed E-state index contributed by atoms with van der Waals surface area (Å²) in [6.45, 7) is 3.83. The standard InChI is InChI=1S/C21H25N7O/c1-14-8-11-19(15(2)27-14)25-13-20(28-24)21(29)26-12-17(22)9-10-18(23)16-6-4-3-5-7-16/h3-11,13H,12,22-24H2,1-2H3,(H,26,29)/b17-9-,18-10-,25-13?,28-20+. The van der Waals surface area contributed by atoms with E-state index >= 15 is 0 Å². The van der Waals surface area contributed by atoms with E-state index in [-0.39, 0.29) is 12.3 Å². The summed E-state index contributed by atoms with van der Waals surface area (Å²) in [5.74, 6) is 4.82. The second kappa shape index (κ2) is 10.4. The molecule has 1 aromatic carbocycles. The molecule has 29 heavy (non-hydrogen) atoms. The number of nitrogens with two attached hydrogens (primary N) is 3. The molecule has 0 fully saturated rings. The second-order valence-corrected chi connectivity index (χ2v) is 6.24. The number of aliphatic imine (C=N–C) groups is 1. The summed E-state index contributed by atoms with van der Waals surface area (Å²) in [7, 11) is 0. The van der Waals surface area contributed by atoms with Crippen LogP contribution < -0.4 is 22.6 Å². The minimum atomic E-state index is -0.495. The van der Waals surface area contributed by atoms with Gasteiger partial charge in [0, 0.05) is 17.1 Å². The van der Waals surface area contributed by atoms with Gasteiger partial charge in [0.1, 0.15) is 0 Å². The van der Waals surface area contributed by atoms with Crippen LogP contribution in [0.25, 0.3) is 5.70 Å². The number of aryl methyl sites for hydroxylation is 2. The molecule has 0 aliphatic carbocycles. The number of aromatic nitrogens is 1. The van der Waals surface area contributed by atoms with E-state index in [0.717, 1.165) is 17.0 Å². The Bertz CT molecular complexity index is 976. The molecule has 0 unspecified atom stereocenters. The summed E-state index contributed by atoms with van der Waals surface area (Å²) >= 11 is 0. The zero-order chi connectivity index (χ0) is 21.2. The Morgan fingerprint density at radius 3 is 2.48 bits per heavy atom. The van der Waals surface area contributed by atoms with Crippen molar-refractivity contribution in [3.63, 3.8) is 0 Å². The fourth-order valence-corrected chi connectivity index (χ4v) is 2.35.